The molecular weight excluding hydrogens is 414 g/mol. The number of carbonyl (C=O) groups excluding carboxylic acids is 1. The van der Waals surface area contributed by atoms with E-state index < -0.39 is 0 Å². The van der Waals surface area contributed by atoms with Crippen molar-refractivity contribution >= 4 is 38.7 Å². The third kappa shape index (κ3) is 4.21. The molecule has 0 spiro atoms. The second kappa shape index (κ2) is 8.83. The van der Waals surface area contributed by atoms with E-state index in [-0.39, 0.29) is 7.53 Å². The number of hydrogen-bond acceptors (Lipinski definition) is 7. The molecule has 0 radical (unpaired) electrons. The fourth-order valence-corrected chi connectivity index (χ4v) is 7.27. The van der Waals surface area contributed by atoms with Crippen LogP contribution in [0.3, 0.4) is 0 Å². The van der Waals surface area contributed by atoms with Crippen LogP contribution in [0.4, 0.5) is 0 Å². The van der Waals surface area contributed by atoms with Crippen molar-refractivity contribution in [2.45, 2.75) is 64.0 Å². The van der Waals surface area contributed by atoms with Gasteiger partial charge in [-0.15, -0.1) is 22.7 Å². The molecule has 0 unspecified atom stereocenters. The zero-order valence-electron chi connectivity index (χ0n) is 17.0. The Morgan fingerprint density at radius 2 is 2.27 bits per heavy atom. The minimum atomic E-state index is -0.122. The van der Waals surface area contributed by atoms with Crippen LogP contribution in [0.5, 0.6) is 0 Å². The number of hydrogen-bond donors (Lipinski definition) is 2. The Kier molecular flexibility index (Phi) is 5.96. The van der Waals surface area contributed by atoms with Crippen LogP contribution in [0, 0.1) is 5.92 Å². The van der Waals surface area contributed by atoms with Crippen molar-refractivity contribution < 1.29 is 11.3 Å². The number of fused-ring (bicyclic) bond motifs is 2. The molecule has 3 aromatic rings. The third-order valence-corrected chi connectivity index (χ3v) is 8.63. The highest BCUT2D eigenvalue weighted by Crippen LogP contribution is 2.42. The second-order valence-electron chi connectivity index (χ2n) is 8.53. The number of ketones is 1. The summed E-state index contributed by atoms with van der Waals surface area (Å²) in [5, 5.41) is 14.2. The number of rotatable bonds is 7. The molecule has 5 nitrogen and oxygen atoms in total. The predicted octanol–water partition coefficient (Wildman–Crippen LogP) is 4.75. The molecule has 160 valence electrons. The molecule has 30 heavy (non-hydrogen) atoms. The summed E-state index contributed by atoms with van der Waals surface area (Å²) in [5.41, 5.74) is 3.53. The van der Waals surface area contributed by atoms with Gasteiger partial charge in [0.15, 0.2) is 0 Å². The van der Waals surface area contributed by atoms with Gasteiger partial charge in [-0.2, -0.15) is 0 Å². The first-order chi connectivity index (χ1) is 14.7. The van der Waals surface area contributed by atoms with Gasteiger partial charge in [-0.3, -0.25) is 9.78 Å². The van der Waals surface area contributed by atoms with Gasteiger partial charge in [0.2, 0.25) is 0 Å². The first kappa shape index (κ1) is 20.2. The summed E-state index contributed by atoms with van der Waals surface area (Å²) in [5.74, 6) is 0.920. The van der Waals surface area contributed by atoms with Gasteiger partial charge >= 0.3 is 0 Å². The predicted molar refractivity (Wildman–Crippen MR) is 124 cm³/mol. The first-order valence-electron chi connectivity index (χ1n) is 10.9. The van der Waals surface area contributed by atoms with Crippen LogP contribution in [-0.2, 0) is 24.2 Å². The smallest absolute Gasteiger partial charge is 0.138 e. The maximum Gasteiger partial charge on any atom is 0.138 e. The standard InChI is InChI=1S/C23H27N3O2S2.H2/c27-15(3-1-2-14-4-5-16(28)10-14)11-20-22(17-6-8-25-13-21(17)29-20)23-26-18-12-24-9-7-19(18)30-23;/h7,9,12,14,16,25,28H,1-6,8,10-11,13H2;1H/t14-,16-;/m0./s1. The van der Waals surface area contributed by atoms with Crippen LogP contribution in [-0.4, -0.2) is 33.5 Å². The summed E-state index contributed by atoms with van der Waals surface area (Å²) in [7, 11) is 0. The van der Waals surface area contributed by atoms with Crippen molar-refractivity contribution in [2.75, 3.05) is 6.54 Å². The molecular formula is C23H29N3O2S2. The van der Waals surface area contributed by atoms with Crippen LogP contribution in [0.2, 0.25) is 0 Å². The van der Waals surface area contributed by atoms with E-state index in [1.165, 1.54) is 20.9 Å². The van der Waals surface area contributed by atoms with Crippen molar-refractivity contribution in [1.29, 1.82) is 0 Å². The van der Waals surface area contributed by atoms with Gasteiger partial charge in [0.25, 0.3) is 0 Å². The Bertz CT molecular complexity index is 1030. The lowest BCUT2D eigenvalue weighted by molar-refractivity contribution is -0.118. The van der Waals surface area contributed by atoms with E-state index in [9.17, 15) is 9.90 Å². The molecule has 1 saturated carbocycles. The SMILES string of the molecule is O=C(CCC[C@H]1CC[C@H](O)C1)Cc1sc2c(c1-c1nc3cnccc3s1)CCNC2.[HH]. The third-order valence-electron chi connectivity index (χ3n) is 6.34. The zero-order valence-corrected chi connectivity index (χ0v) is 18.7. The molecule has 5 rings (SSSR count). The Morgan fingerprint density at radius 1 is 1.33 bits per heavy atom. The van der Waals surface area contributed by atoms with E-state index in [0.717, 1.165) is 66.8 Å². The molecule has 0 amide bonds. The lowest BCUT2D eigenvalue weighted by Crippen LogP contribution is -2.22. The average molecular weight is 444 g/mol. The van der Waals surface area contributed by atoms with Gasteiger partial charge in [-0.05, 0) is 62.6 Å². The van der Waals surface area contributed by atoms with Gasteiger partial charge in [0.1, 0.15) is 16.3 Å². The van der Waals surface area contributed by atoms with Crippen LogP contribution in [0.25, 0.3) is 20.8 Å². The summed E-state index contributed by atoms with van der Waals surface area (Å²) in [6.45, 7) is 1.86. The number of nitrogens with one attached hydrogen (secondary N) is 1. The number of pyridine rings is 1. The minimum Gasteiger partial charge on any atom is -0.393 e. The number of thiophene rings is 1. The van der Waals surface area contributed by atoms with Crippen molar-refractivity contribution in [2.24, 2.45) is 5.92 Å². The fourth-order valence-electron chi connectivity index (χ4n) is 4.82. The number of aromatic nitrogens is 2. The van der Waals surface area contributed by atoms with Gasteiger partial charge < -0.3 is 10.4 Å². The summed E-state index contributed by atoms with van der Waals surface area (Å²) in [6.07, 6.45) is 10.6. The van der Waals surface area contributed by atoms with E-state index in [2.05, 4.69) is 10.3 Å². The molecule has 1 aliphatic carbocycles. The lowest BCUT2D eigenvalue weighted by Gasteiger charge is -2.13. The molecule has 0 bridgehead atoms. The molecule has 1 aliphatic heterocycles. The summed E-state index contributed by atoms with van der Waals surface area (Å²) in [6, 6.07) is 2.02. The molecule has 2 atom stereocenters. The quantitative estimate of drug-likeness (QED) is 0.551. The summed E-state index contributed by atoms with van der Waals surface area (Å²) < 4.78 is 1.14. The Labute approximate surface area is 186 Å². The Morgan fingerprint density at radius 3 is 3.10 bits per heavy atom. The largest absolute Gasteiger partial charge is 0.393 e. The molecule has 2 N–H and O–H groups in total. The maximum atomic E-state index is 12.8. The van der Waals surface area contributed by atoms with Gasteiger partial charge in [-0.25, -0.2) is 4.98 Å². The fraction of sp³-hybridized carbons (Fsp3) is 0.522. The number of nitrogens with zero attached hydrogens (tertiary/aromatic N) is 2. The second-order valence-corrected chi connectivity index (χ2v) is 10.8. The van der Waals surface area contributed by atoms with Gasteiger partial charge in [0.05, 0.1) is 17.0 Å². The van der Waals surface area contributed by atoms with Crippen molar-refractivity contribution in [3.63, 3.8) is 0 Å². The number of aliphatic hydroxyl groups is 1. The van der Waals surface area contributed by atoms with E-state index >= 15 is 0 Å². The first-order valence-corrected chi connectivity index (χ1v) is 12.6. The Hall–Kier alpha value is -1.67. The van der Waals surface area contributed by atoms with E-state index in [1.54, 1.807) is 22.7 Å². The molecule has 4 heterocycles. The van der Waals surface area contributed by atoms with Crippen LogP contribution in [0.1, 0.15) is 55.3 Å². The monoisotopic (exact) mass is 443 g/mol. The van der Waals surface area contributed by atoms with E-state index in [0.29, 0.717) is 24.5 Å². The number of carbonyl (C=O) groups is 1. The number of thiazole rings is 1. The molecule has 1 fully saturated rings. The van der Waals surface area contributed by atoms with Gasteiger partial charge in [0, 0.05) is 42.3 Å². The minimum absolute atomic E-state index is 0. The van der Waals surface area contributed by atoms with Crippen LogP contribution in [0.15, 0.2) is 18.5 Å². The lowest BCUT2D eigenvalue weighted by atomic mass is 9.97. The van der Waals surface area contributed by atoms with Crippen molar-refractivity contribution in [3.8, 4) is 10.6 Å². The highest BCUT2D eigenvalue weighted by Gasteiger charge is 2.26. The number of Topliss-reactive ketones (excluding diaryl/α,β-unsaturated/α-hetero) is 1. The van der Waals surface area contributed by atoms with E-state index in [4.69, 9.17) is 4.98 Å². The zero-order chi connectivity index (χ0) is 20.5. The van der Waals surface area contributed by atoms with Crippen LogP contribution >= 0.6 is 22.7 Å². The summed E-state index contributed by atoms with van der Waals surface area (Å²) in [4.78, 5) is 24.4. The topological polar surface area (TPSA) is 75.1 Å². The highest BCUT2D eigenvalue weighted by atomic mass is 32.1. The summed E-state index contributed by atoms with van der Waals surface area (Å²) >= 11 is 3.49. The molecule has 7 heteroatoms. The highest BCUT2D eigenvalue weighted by molar-refractivity contribution is 7.22. The molecule has 0 aromatic carbocycles. The molecule has 2 aliphatic rings. The average Bonchev–Trinajstić information content (AvgIpc) is 3.43. The number of aliphatic hydroxyl groups excluding tert-OH is 1. The van der Waals surface area contributed by atoms with Crippen LogP contribution < -0.4 is 5.32 Å². The van der Waals surface area contributed by atoms with Crippen molar-refractivity contribution in [3.05, 3.63) is 33.8 Å². The maximum absolute atomic E-state index is 12.8. The normalized spacial score (nSPS) is 21.2. The molecule has 3 aromatic heterocycles. The van der Waals surface area contributed by atoms with Crippen molar-refractivity contribution in [1.82, 2.24) is 15.3 Å². The molecule has 0 saturated heterocycles. The Balaban J connectivity index is 0.00000231. The van der Waals surface area contributed by atoms with Gasteiger partial charge in [-0.1, -0.05) is 0 Å². The van der Waals surface area contributed by atoms with E-state index in [1.807, 2.05) is 18.5 Å².